The lowest BCUT2D eigenvalue weighted by atomic mass is 10.0. The molecule has 1 saturated heterocycles. The van der Waals surface area contributed by atoms with E-state index in [1.54, 1.807) is 37.3 Å². The number of nitrogen functional groups attached to an aromatic ring is 1. The monoisotopic (exact) mass is 441 g/mol. The van der Waals surface area contributed by atoms with E-state index < -0.39 is 17.3 Å². The summed E-state index contributed by atoms with van der Waals surface area (Å²) in [6, 6.07) is 9.83. The van der Waals surface area contributed by atoms with Crippen molar-refractivity contribution in [3.63, 3.8) is 0 Å². The lowest BCUT2D eigenvalue weighted by Crippen LogP contribution is -2.31. The maximum absolute atomic E-state index is 15.0. The number of anilines is 2. The molecule has 0 unspecified atom stereocenters. The molecule has 4 N–H and O–H groups in total. The Hall–Kier alpha value is -3.23. The van der Waals surface area contributed by atoms with Crippen LogP contribution in [0.5, 0.6) is 0 Å². The number of nitrogens with one attached hydrogen (secondary N) is 2. The van der Waals surface area contributed by atoms with Gasteiger partial charge in [0, 0.05) is 11.6 Å². The third-order valence-corrected chi connectivity index (χ3v) is 5.68. The number of aryl methyl sites for hydroxylation is 1. The second-order valence-corrected chi connectivity index (χ2v) is 7.80. The van der Waals surface area contributed by atoms with Gasteiger partial charge in [0.15, 0.2) is 5.82 Å². The van der Waals surface area contributed by atoms with Crippen molar-refractivity contribution in [3.8, 4) is 5.69 Å². The smallest absolute Gasteiger partial charge is 0.273 e. The molecule has 31 heavy (non-hydrogen) atoms. The largest absolute Gasteiger partial charge is 0.383 e. The summed E-state index contributed by atoms with van der Waals surface area (Å²) in [6.45, 7) is 2.59. The molecule has 9 heteroatoms. The van der Waals surface area contributed by atoms with Crippen LogP contribution in [0.1, 0.15) is 40.4 Å². The predicted molar refractivity (Wildman–Crippen MR) is 118 cm³/mol. The van der Waals surface area contributed by atoms with Gasteiger partial charge in [-0.15, -0.1) is 0 Å². The average molecular weight is 442 g/mol. The van der Waals surface area contributed by atoms with Crippen LogP contribution in [0, 0.1) is 12.7 Å². The molecule has 2 heterocycles. The second-order valence-electron chi connectivity index (χ2n) is 7.40. The summed E-state index contributed by atoms with van der Waals surface area (Å²) in [4.78, 5) is 30.0. The molecule has 2 aromatic carbocycles. The maximum Gasteiger partial charge on any atom is 0.273 e. The lowest BCUT2D eigenvalue weighted by molar-refractivity contribution is 0.102. The summed E-state index contributed by atoms with van der Waals surface area (Å²) in [5, 5.41) is 6.03. The first-order chi connectivity index (χ1) is 14.9. The van der Waals surface area contributed by atoms with Gasteiger partial charge < -0.3 is 16.4 Å². The number of carbonyl (C=O) groups is 1. The standard InChI is InChI=1S/C22H21ClFN5O2/c1-12-5-2-7-14(23)19(12)29-11-27-20(25)17(22(29)31)21(30)28-16-8-3-6-13(18(16)24)15-9-4-10-26-15/h2-3,5-8,11,15,26H,4,9-10,25H2,1H3,(H,28,30)/t15-/m0/s1. The zero-order valence-electron chi connectivity index (χ0n) is 16.8. The highest BCUT2D eigenvalue weighted by molar-refractivity contribution is 6.32. The minimum Gasteiger partial charge on any atom is -0.383 e. The minimum atomic E-state index is -0.843. The van der Waals surface area contributed by atoms with Crippen molar-refractivity contribution < 1.29 is 9.18 Å². The molecule has 4 rings (SSSR count). The van der Waals surface area contributed by atoms with E-state index in [4.69, 9.17) is 17.3 Å². The van der Waals surface area contributed by atoms with Crippen LogP contribution >= 0.6 is 11.6 Å². The first-order valence-corrected chi connectivity index (χ1v) is 10.2. The summed E-state index contributed by atoms with van der Waals surface area (Å²) >= 11 is 6.26. The van der Waals surface area contributed by atoms with Crippen LogP contribution in [0.15, 0.2) is 47.5 Å². The van der Waals surface area contributed by atoms with Gasteiger partial charge >= 0.3 is 0 Å². The van der Waals surface area contributed by atoms with Gasteiger partial charge in [-0.05, 0) is 44.0 Å². The van der Waals surface area contributed by atoms with Gasteiger partial charge in [0.2, 0.25) is 0 Å². The fourth-order valence-corrected chi connectivity index (χ4v) is 4.13. The third kappa shape index (κ3) is 3.92. The molecule has 0 radical (unpaired) electrons. The summed E-state index contributed by atoms with van der Waals surface area (Å²) in [7, 11) is 0. The normalized spacial score (nSPS) is 15.8. The number of hydrogen-bond donors (Lipinski definition) is 3. The highest BCUT2D eigenvalue weighted by Crippen LogP contribution is 2.29. The number of para-hydroxylation sites is 1. The highest BCUT2D eigenvalue weighted by Gasteiger charge is 2.24. The van der Waals surface area contributed by atoms with Gasteiger partial charge in [0.1, 0.15) is 17.7 Å². The van der Waals surface area contributed by atoms with Gasteiger partial charge in [0.05, 0.1) is 16.4 Å². The third-order valence-electron chi connectivity index (χ3n) is 5.37. The second kappa shape index (κ2) is 8.49. The van der Waals surface area contributed by atoms with Crippen molar-refractivity contribution >= 4 is 29.0 Å². The molecule has 3 aromatic rings. The van der Waals surface area contributed by atoms with Gasteiger partial charge in [-0.3, -0.25) is 14.2 Å². The summed E-state index contributed by atoms with van der Waals surface area (Å²) in [5.74, 6) is -1.64. The van der Waals surface area contributed by atoms with E-state index in [1.165, 1.54) is 12.4 Å². The molecule has 0 bridgehead atoms. The van der Waals surface area contributed by atoms with Crippen LogP contribution in [0.2, 0.25) is 5.02 Å². The fraction of sp³-hybridized carbons (Fsp3) is 0.227. The van der Waals surface area contributed by atoms with Crippen molar-refractivity contribution in [1.29, 1.82) is 0 Å². The molecule has 0 spiro atoms. The van der Waals surface area contributed by atoms with Crippen LogP contribution in [0.25, 0.3) is 5.69 Å². The zero-order chi connectivity index (χ0) is 22.1. The van der Waals surface area contributed by atoms with Crippen molar-refractivity contribution in [2.45, 2.75) is 25.8 Å². The van der Waals surface area contributed by atoms with E-state index in [1.807, 2.05) is 0 Å². The Morgan fingerprint density at radius 3 is 2.81 bits per heavy atom. The van der Waals surface area contributed by atoms with E-state index in [9.17, 15) is 9.59 Å². The number of carbonyl (C=O) groups excluding carboxylic acids is 1. The number of aromatic nitrogens is 2. The highest BCUT2D eigenvalue weighted by atomic mass is 35.5. The Balaban J connectivity index is 1.72. The van der Waals surface area contributed by atoms with E-state index in [0.29, 0.717) is 16.3 Å². The number of hydrogen-bond acceptors (Lipinski definition) is 5. The van der Waals surface area contributed by atoms with Gasteiger partial charge in [0.25, 0.3) is 11.5 Å². The molecule has 1 amide bonds. The molecular formula is C22H21ClFN5O2. The molecule has 0 aliphatic carbocycles. The SMILES string of the molecule is Cc1cccc(Cl)c1-n1cnc(N)c(C(=O)Nc2cccc([C@@H]3CCCN3)c2F)c1=O. The Kier molecular flexibility index (Phi) is 5.75. The quantitative estimate of drug-likeness (QED) is 0.574. The molecule has 1 aliphatic heterocycles. The molecule has 7 nitrogen and oxygen atoms in total. The molecule has 1 aromatic heterocycles. The number of nitrogens with zero attached hydrogens (tertiary/aromatic N) is 2. The number of halogens is 2. The molecule has 0 saturated carbocycles. The van der Waals surface area contributed by atoms with Gasteiger partial charge in [-0.25, -0.2) is 9.37 Å². The number of benzene rings is 2. The van der Waals surface area contributed by atoms with E-state index >= 15 is 4.39 Å². The first-order valence-electron chi connectivity index (χ1n) is 9.84. The van der Waals surface area contributed by atoms with E-state index in [0.717, 1.165) is 29.5 Å². The van der Waals surface area contributed by atoms with E-state index in [-0.39, 0.29) is 23.1 Å². The topological polar surface area (TPSA) is 102 Å². The van der Waals surface area contributed by atoms with Gasteiger partial charge in [-0.1, -0.05) is 35.9 Å². The van der Waals surface area contributed by atoms with Crippen LogP contribution < -0.4 is 21.9 Å². The summed E-state index contributed by atoms with van der Waals surface area (Å²) in [5.41, 5.74) is 6.32. The Morgan fingerprint density at radius 1 is 1.32 bits per heavy atom. The van der Waals surface area contributed by atoms with Crippen molar-refractivity contribution in [2.24, 2.45) is 0 Å². The minimum absolute atomic E-state index is 0.0284. The number of nitrogens with two attached hydrogens (primary N) is 1. The van der Waals surface area contributed by atoms with Crippen LogP contribution in [-0.4, -0.2) is 22.0 Å². The summed E-state index contributed by atoms with van der Waals surface area (Å²) < 4.78 is 16.2. The molecule has 1 atom stereocenters. The Morgan fingerprint density at radius 2 is 2.10 bits per heavy atom. The van der Waals surface area contributed by atoms with Crippen molar-refractivity contribution in [1.82, 2.24) is 14.9 Å². The average Bonchev–Trinajstić information content (AvgIpc) is 3.25. The number of amides is 1. The lowest BCUT2D eigenvalue weighted by Gasteiger charge is -2.16. The first kappa shape index (κ1) is 21.0. The zero-order valence-corrected chi connectivity index (χ0v) is 17.5. The van der Waals surface area contributed by atoms with Gasteiger partial charge in [-0.2, -0.15) is 0 Å². The maximum atomic E-state index is 15.0. The predicted octanol–water partition coefficient (Wildman–Crippen LogP) is 3.59. The summed E-state index contributed by atoms with van der Waals surface area (Å²) in [6.07, 6.45) is 2.98. The Bertz CT molecular complexity index is 1200. The van der Waals surface area contributed by atoms with Crippen molar-refractivity contribution in [2.75, 3.05) is 17.6 Å². The molecule has 1 aliphatic rings. The fourth-order valence-electron chi connectivity index (χ4n) is 3.82. The molecule has 1 fully saturated rings. The molecule has 160 valence electrons. The van der Waals surface area contributed by atoms with Crippen molar-refractivity contribution in [3.05, 3.63) is 80.6 Å². The van der Waals surface area contributed by atoms with Crippen LogP contribution in [-0.2, 0) is 0 Å². The molecular weight excluding hydrogens is 421 g/mol. The number of rotatable bonds is 4. The van der Waals surface area contributed by atoms with E-state index in [2.05, 4.69) is 15.6 Å². The Labute approximate surface area is 183 Å². The van der Waals surface area contributed by atoms with Crippen LogP contribution in [0.4, 0.5) is 15.9 Å². The van der Waals surface area contributed by atoms with Crippen LogP contribution in [0.3, 0.4) is 0 Å².